The largest absolute Gasteiger partial charge is 0.396 e. The average Bonchev–Trinajstić information content (AvgIpc) is 2.40. The summed E-state index contributed by atoms with van der Waals surface area (Å²) < 4.78 is 0. The van der Waals surface area contributed by atoms with Gasteiger partial charge in [-0.1, -0.05) is 48.5 Å². The Bertz CT molecular complexity index is 504. The minimum Gasteiger partial charge on any atom is -0.396 e. The molecule has 2 aromatic carbocycles. The van der Waals surface area contributed by atoms with Gasteiger partial charge in [-0.3, -0.25) is 4.79 Å². The Morgan fingerprint density at radius 1 is 1.00 bits per heavy atom. The summed E-state index contributed by atoms with van der Waals surface area (Å²) in [7, 11) is 0. The first-order chi connectivity index (χ1) is 8.35. The summed E-state index contributed by atoms with van der Waals surface area (Å²) in [4.78, 5) is 10.9. The van der Waals surface area contributed by atoms with Crippen LogP contribution in [0.1, 0.15) is 15.9 Å². The van der Waals surface area contributed by atoms with E-state index in [1.54, 1.807) is 6.07 Å². The van der Waals surface area contributed by atoms with Crippen LogP contribution in [-0.4, -0.2) is 18.0 Å². The molecule has 0 heterocycles. The van der Waals surface area contributed by atoms with E-state index in [9.17, 15) is 4.79 Å². The molecule has 2 heteroatoms. The Kier molecular flexibility index (Phi) is 3.68. The summed E-state index contributed by atoms with van der Waals surface area (Å²) in [5, 5.41) is 8.99. The standard InChI is InChI=1S/C15H14O2/c16-9-8-14-10-13(6-7-15(14)11-17)12-4-2-1-3-5-12/h1-7,10-11,16H,8-9H2. The molecule has 2 rings (SSSR count). The van der Waals surface area contributed by atoms with Gasteiger partial charge in [0, 0.05) is 12.2 Å². The van der Waals surface area contributed by atoms with Gasteiger partial charge in [0.25, 0.3) is 0 Å². The maximum Gasteiger partial charge on any atom is 0.150 e. The van der Waals surface area contributed by atoms with Crippen molar-refractivity contribution in [3.63, 3.8) is 0 Å². The molecule has 0 saturated carbocycles. The van der Waals surface area contributed by atoms with Gasteiger partial charge in [-0.25, -0.2) is 0 Å². The molecule has 0 atom stereocenters. The second-order valence-electron chi connectivity index (χ2n) is 3.87. The number of benzene rings is 2. The molecule has 0 unspecified atom stereocenters. The minimum atomic E-state index is 0.0546. The fourth-order valence-corrected chi connectivity index (χ4v) is 1.87. The van der Waals surface area contributed by atoms with E-state index in [4.69, 9.17) is 5.11 Å². The van der Waals surface area contributed by atoms with Gasteiger partial charge in [0.15, 0.2) is 0 Å². The highest BCUT2D eigenvalue weighted by molar-refractivity contribution is 5.79. The zero-order valence-corrected chi connectivity index (χ0v) is 9.47. The van der Waals surface area contributed by atoms with Crippen molar-refractivity contribution in [2.24, 2.45) is 0 Å². The van der Waals surface area contributed by atoms with Crippen LogP contribution in [0.4, 0.5) is 0 Å². The van der Waals surface area contributed by atoms with E-state index < -0.39 is 0 Å². The molecule has 0 aliphatic carbocycles. The van der Waals surface area contributed by atoms with Crippen LogP contribution in [0, 0.1) is 0 Å². The minimum absolute atomic E-state index is 0.0546. The van der Waals surface area contributed by atoms with E-state index in [1.807, 2.05) is 42.5 Å². The highest BCUT2D eigenvalue weighted by atomic mass is 16.3. The lowest BCUT2D eigenvalue weighted by Gasteiger charge is -2.07. The number of carbonyl (C=O) groups is 1. The molecule has 2 nitrogen and oxygen atoms in total. The smallest absolute Gasteiger partial charge is 0.150 e. The molecule has 0 saturated heterocycles. The van der Waals surface area contributed by atoms with E-state index in [0.29, 0.717) is 12.0 Å². The first kappa shape index (κ1) is 11.6. The first-order valence-electron chi connectivity index (χ1n) is 5.59. The Morgan fingerprint density at radius 3 is 2.41 bits per heavy atom. The monoisotopic (exact) mass is 226 g/mol. The molecule has 0 aliphatic heterocycles. The molecule has 2 aromatic rings. The van der Waals surface area contributed by atoms with Crippen LogP contribution in [0.25, 0.3) is 11.1 Å². The third-order valence-corrected chi connectivity index (χ3v) is 2.76. The highest BCUT2D eigenvalue weighted by Gasteiger charge is 2.04. The van der Waals surface area contributed by atoms with Crippen molar-refractivity contribution in [1.82, 2.24) is 0 Å². The molecule has 1 N–H and O–H groups in total. The Hall–Kier alpha value is -1.93. The van der Waals surface area contributed by atoms with Gasteiger partial charge in [0.05, 0.1) is 0 Å². The molecule has 0 bridgehead atoms. The van der Waals surface area contributed by atoms with Crippen LogP contribution in [0.15, 0.2) is 48.5 Å². The zero-order valence-electron chi connectivity index (χ0n) is 9.47. The van der Waals surface area contributed by atoms with Gasteiger partial charge in [0.1, 0.15) is 6.29 Å². The van der Waals surface area contributed by atoms with Gasteiger partial charge in [-0.2, -0.15) is 0 Å². The van der Waals surface area contributed by atoms with Crippen molar-refractivity contribution in [3.8, 4) is 11.1 Å². The quantitative estimate of drug-likeness (QED) is 0.814. The summed E-state index contributed by atoms with van der Waals surface area (Å²) in [6, 6.07) is 15.7. The van der Waals surface area contributed by atoms with Crippen molar-refractivity contribution >= 4 is 6.29 Å². The molecule has 17 heavy (non-hydrogen) atoms. The SMILES string of the molecule is O=Cc1ccc(-c2ccccc2)cc1CCO. The second-order valence-corrected chi connectivity index (χ2v) is 3.87. The predicted molar refractivity (Wildman–Crippen MR) is 68.1 cm³/mol. The number of aldehydes is 1. The summed E-state index contributed by atoms with van der Waals surface area (Å²) >= 11 is 0. The summed E-state index contributed by atoms with van der Waals surface area (Å²) in [6.45, 7) is 0.0546. The Morgan fingerprint density at radius 2 is 1.76 bits per heavy atom. The number of hydrogen-bond donors (Lipinski definition) is 1. The van der Waals surface area contributed by atoms with Gasteiger partial charge < -0.3 is 5.11 Å². The normalized spacial score (nSPS) is 10.2. The first-order valence-corrected chi connectivity index (χ1v) is 5.59. The van der Waals surface area contributed by atoms with Gasteiger partial charge >= 0.3 is 0 Å². The van der Waals surface area contributed by atoms with Gasteiger partial charge in [-0.05, 0) is 23.1 Å². The van der Waals surface area contributed by atoms with Crippen LogP contribution < -0.4 is 0 Å². The number of aliphatic hydroxyl groups is 1. The summed E-state index contributed by atoms with van der Waals surface area (Å²) in [6.07, 6.45) is 1.34. The van der Waals surface area contributed by atoms with Gasteiger partial charge in [0.2, 0.25) is 0 Å². The van der Waals surface area contributed by atoms with Crippen molar-refractivity contribution in [3.05, 3.63) is 59.7 Å². The lowest BCUT2D eigenvalue weighted by Crippen LogP contribution is -1.97. The average molecular weight is 226 g/mol. The van der Waals surface area contributed by atoms with Gasteiger partial charge in [-0.15, -0.1) is 0 Å². The highest BCUT2D eigenvalue weighted by Crippen LogP contribution is 2.22. The molecule has 86 valence electrons. The molecular weight excluding hydrogens is 212 g/mol. The van der Waals surface area contributed by atoms with E-state index >= 15 is 0 Å². The fraction of sp³-hybridized carbons (Fsp3) is 0.133. The predicted octanol–water partition coefficient (Wildman–Crippen LogP) is 2.70. The van der Waals surface area contributed by atoms with Crippen molar-refractivity contribution in [2.75, 3.05) is 6.61 Å². The molecule has 0 aliphatic rings. The van der Waals surface area contributed by atoms with Crippen molar-refractivity contribution < 1.29 is 9.90 Å². The molecule has 0 amide bonds. The maximum absolute atomic E-state index is 10.9. The van der Waals surface area contributed by atoms with Crippen LogP contribution in [0.3, 0.4) is 0 Å². The van der Waals surface area contributed by atoms with E-state index in [0.717, 1.165) is 23.0 Å². The second kappa shape index (κ2) is 5.41. The summed E-state index contributed by atoms with van der Waals surface area (Å²) in [5.41, 5.74) is 3.73. The molecule has 0 radical (unpaired) electrons. The fourth-order valence-electron chi connectivity index (χ4n) is 1.87. The van der Waals surface area contributed by atoms with Crippen LogP contribution >= 0.6 is 0 Å². The number of carbonyl (C=O) groups excluding carboxylic acids is 1. The Labute approximate surface area is 101 Å². The third-order valence-electron chi connectivity index (χ3n) is 2.76. The number of rotatable bonds is 4. The lowest BCUT2D eigenvalue weighted by molar-refractivity contribution is 0.112. The third kappa shape index (κ3) is 2.60. The van der Waals surface area contributed by atoms with E-state index in [1.165, 1.54) is 0 Å². The van der Waals surface area contributed by atoms with Crippen LogP contribution in [0.2, 0.25) is 0 Å². The maximum atomic E-state index is 10.9. The topological polar surface area (TPSA) is 37.3 Å². The number of hydrogen-bond acceptors (Lipinski definition) is 2. The molecule has 0 fully saturated rings. The van der Waals surface area contributed by atoms with Crippen LogP contribution in [-0.2, 0) is 6.42 Å². The summed E-state index contributed by atoms with van der Waals surface area (Å²) in [5.74, 6) is 0. The van der Waals surface area contributed by atoms with E-state index in [-0.39, 0.29) is 6.61 Å². The lowest BCUT2D eigenvalue weighted by atomic mass is 9.98. The molecule has 0 spiro atoms. The van der Waals surface area contributed by atoms with Crippen molar-refractivity contribution in [2.45, 2.75) is 6.42 Å². The number of aliphatic hydroxyl groups excluding tert-OH is 1. The molecular formula is C15H14O2. The zero-order chi connectivity index (χ0) is 12.1. The molecule has 0 aromatic heterocycles. The van der Waals surface area contributed by atoms with E-state index in [2.05, 4.69) is 0 Å². The van der Waals surface area contributed by atoms with Crippen LogP contribution in [0.5, 0.6) is 0 Å². The van der Waals surface area contributed by atoms with Crippen molar-refractivity contribution in [1.29, 1.82) is 0 Å². The Balaban J connectivity index is 2.43.